The van der Waals surface area contributed by atoms with Crippen LogP contribution in [0.1, 0.15) is 55.0 Å². The van der Waals surface area contributed by atoms with Crippen molar-refractivity contribution in [2.75, 3.05) is 0 Å². The largest absolute Gasteiger partial charge is 0.348 e. The van der Waals surface area contributed by atoms with E-state index in [0.29, 0.717) is 25.2 Å². The quantitative estimate of drug-likeness (QED) is 0.422. The molecule has 176 valence electrons. The summed E-state index contributed by atoms with van der Waals surface area (Å²) in [6.07, 6.45) is 5.55. The standard InChI is InChI=1S/C27H32N6O/c1-18-12-30-32(15-18)16-22-5-7-23(8-6-22)17-33-21(4)26(14-31-33)27(34)29-13-25-19(2)9-24(11-28)10-20(25)3/h5-10,12,14-15H,11,13,16-17,28H2,1-4H3,(H,29,34). The fraction of sp³-hybridized carbons (Fsp3) is 0.296. The number of carbonyl (C=O) groups excluding carboxylic acids is 1. The minimum atomic E-state index is -0.115. The fourth-order valence-corrected chi connectivity index (χ4v) is 4.24. The van der Waals surface area contributed by atoms with E-state index in [2.05, 4.69) is 65.8 Å². The molecule has 0 radical (unpaired) electrons. The number of nitrogens with two attached hydrogens (primary N) is 1. The highest BCUT2D eigenvalue weighted by Crippen LogP contribution is 2.17. The first-order valence-corrected chi connectivity index (χ1v) is 11.5. The number of carbonyl (C=O) groups is 1. The molecular formula is C27H32N6O. The van der Waals surface area contributed by atoms with Gasteiger partial charge in [-0.2, -0.15) is 10.2 Å². The minimum Gasteiger partial charge on any atom is -0.348 e. The van der Waals surface area contributed by atoms with Crippen LogP contribution >= 0.6 is 0 Å². The number of rotatable bonds is 8. The molecule has 0 atom stereocenters. The zero-order chi connectivity index (χ0) is 24.2. The minimum absolute atomic E-state index is 0.115. The van der Waals surface area contributed by atoms with Gasteiger partial charge in [-0.25, -0.2) is 0 Å². The van der Waals surface area contributed by atoms with E-state index in [1.807, 2.05) is 35.6 Å². The Kier molecular flexibility index (Phi) is 6.93. The summed E-state index contributed by atoms with van der Waals surface area (Å²) in [5.41, 5.74) is 15.2. The molecule has 2 heterocycles. The van der Waals surface area contributed by atoms with Gasteiger partial charge in [0.15, 0.2) is 0 Å². The molecule has 0 aliphatic carbocycles. The van der Waals surface area contributed by atoms with E-state index in [4.69, 9.17) is 5.73 Å². The second kappa shape index (κ2) is 10.1. The molecule has 2 aromatic heterocycles. The third-order valence-corrected chi connectivity index (χ3v) is 6.23. The average molecular weight is 457 g/mol. The van der Waals surface area contributed by atoms with Crippen LogP contribution in [0.2, 0.25) is 0 Å². The lowest BCUT2D eigenvalue weighted by Gasteiger charge is -2.13. The molecule has 34 heavy (non-hydrogen) atoms. The maximum absolute atomic E-state index is 12.9. The SMILES string of the molecule is Cc1cnn(Cc2ccc(Cn3ncc(C(=O)NCc4c(C)cc(CN)cc4C)c3C)cc2)c1. The molecule has 7 heteroatoms. The molecule has 7 nitrogen and oxygen atoms in total. The van der Waals surface area contributed by atoms with Crippen LogP contribution in [-0.2, 0) is 26.2 Å². The van der Waals surface area contributed by atoms with Crippen molar-refractivity contribution in [2.24, 2.45) is 5.73 Å². The Hall–Kier alpha value is -3.71. The topological polar surface area (TPSA) is 90.8 Å². The number of benzene rings is 2. The van der Waals surface area contributed by atoms with E-state index in [1.165, 1.54) is 5.56 Å². The molecule has 0 fully saturated rings. The van der Waals surface area contributed by atoms with Gasteiger partial charge in [0.2, 0.25) is 0 Å². The maximum atomic E-state index is 12.9. The number of hydrogen-bond donors (Lipinski definition) is 2. The Labute approximate surface area is 200 Å². The summed E-state index contributed by atoms with van der Waals surface area (Å²) in [6.45, 7) is 10.4. The molecule has 1 amide bonds. The Bertz CT molecular complexity index is 1280. The highest BCUT2D eigenvalue weighted by atomic mass is 16.1. The zero-order valence-corrected chi connectivity index (χ0v) is 20.3. The molecule has 0 saturated heterocycles. The van der Waals surface area contributed by atoms with Crippen LogP contribution < -0.4 is 11.1 Å². The normalized spacial score (nSPS) is 11.1. The van der Waals surface area contributed by atoms with Gasteiger partial charge < -0.3 is 11.1 Å². The van der Waals surface area contributed by atoms with E-state index >= 15 is 0 Å². The molecule has 0 saturated carbocycles. The van der Waals surface area contributed by atoms with Gasteiger partial charge >= 0.3 is 0 Å². The van der Waals surface area contributed by atoms with Gasteiger partial charge in [-0.3, -0.25) is 14.2 Å². The second-order valence-corrected chi connectivity index (χ2v) is 8.93. The van der Waals surface area contributed by atoms with Crippen LogP contribution in [0.4, 0.5) is 0 Å². The van der Waals surface area contributed by atoms with Crippen LogP contribution in [0, 0.1) is 27.7 Å². The van der Waals surface area contributed by atoms with Gasteiger partial charge in [-0.15, -0.1) is 0 Å². The molecule has 0 unspecified atom stereocenters. The van der Waals surface area contributed by atoms with Gasteiger partial charge in [0.25, 0.3) is 5.91 Å². The van der Waals surface area contributed by atoms with Gasteiger partial charge in [0.05, 0.1) is 31.0 Å². The number of aryl methyl sites for hydroxylation is 3. The molecule has 3 N–H and O–H groups in total. The van der Waals surface area contributed by atoms with Crippen molar-refractivity contribution in [3.05, 3.63) is 105 Å². The molecular weight excluding hydrogens is 424 g/mol. The van der Waals surface area contributed by atoms with E-state index < -0.39 is 0 Å². The zero-order valence-electron chi connectivity index (χ0n) is 20.3. The summed E-state index contributed by atoms with van der Waals surface area (Å²) in [5, 5.41) is 11.9. The predicted octanol–water partition coefficient (Wildman–Crippen LogP) is 3.80. The number of nitrogens with zero attached hydrogens (tertiary/aromatic N) is 4. The lowest BCUT2D eigenvalue weighted by molar-refractivity contribution is 0.0950. The van der Waals surface area contributed by atoms with Gasteiger partial charge in [-0.05, 0) is 66.6 Å². The van der Waals surface area contributed by atoms with E-state index in [-0.39, 0.29) is 5.91 Å². The van der Waals surface area contributed by atoms with E-state index in [9.17, 15) is 4.79 Å². The van der Waals surface area contributed by atoms with Crippen molar-refractivity contribution in [3.8, 4) is 0 Å². The Morgan fingerprint density at radius 2 is 1.56 bits per heavy atom. The predicted molar refractivity (Wildman–Crippen MR) is 134 cm³/mol. The van der Waals surface area contributed by atoms with Crippen molar-refractivity contribution < 1.29 is 4.79 Å². The summed E-state index contributed by atoms with van der Waals surface area (Å²) in [7, 11) is 0. The summed E-state index contributed by atoms with van der Waals surface area (Å²) < 4.78 is 3.80. The van der Waals surface area contributed by atoms with Crippen molar-refractivity contribution in [1.82, 2.24) is 24.9 Å². The van der Waals surface area contributed by atoms with Crippen LogP contribution in [-0.4, -0.2) is 25.5 Å². The first kappa shape index (κ1) is 23.4. The third kappa shape index (κ3) is 5.26. The Morgan fingerprint density at radius 3 is 2.15 bits per heavy atom. The summed E-state index contributed by atoms with van der Waals surface area (Å²) in [4.78, 5) is 12.9. The monoisotopic (exact) mass is 456 g/mol. The molecule has 0 aliphatic rings. The third-order valence-electron chi connectivity index (χ3n) is 6.23. The molecule has 4 rings (SSSR count). The lowest BCUT2D eigenvalue weighted by Crippen LogP contribution is -2.24. The maximum Gasteiger partial charge on any atom is 0.255 e. The first-order chi connectivity index (χ1) is 16.3. The van der Waals surface area contributed by atoms with Gasteiger partial charge in [0, 0.05) is 25.0 Å². The number of hydrogen-bond acceptors (Lipinski definition) is 4. The average Bonchev–Trinajstić information content (AvgIpc) is 3.39. The molecule has 2 aromatic carbocycles. The second-order valence-electron chi connectivity index (χ2n) is 8.93. The smallest absolute Gasteiger partial charge is 0.255 e. The number of nitrogens with one attached hydrogen (secondary N) is 1. The number of amides is 1. The lowest BCUT2D eigenvalue weighted by atomic mass is 9.99. The molecule has 0 aliphatic heterocycles. The highest BCUT2D eigenvalue weighted by molar-refractivity contribution is 5.95. The summed E-state index contributed by atoms with van der Waals surface area (Å²) in [5.74, 6) is -0.115. The Morgan fingerprint density at radius 1 is 0.912 bits per heavy atom. The van der Waals surface area contributed by atoms with Crippen LogP contribution in [0.15, 0.2) is 55.0 Å². The Balaban J connectivity index is 1.39. The van der Waals surface area contributed by atoms with Crippen molar-refractivity contribution >= 4 is 5.91 Å². The highest BCUT2D eigenvalue weighted by Gasteiger charge is 2.15. The van der Waals surface area contributed by atoms with Crippen molar-refractivity contribution in [1.29, 1.82) is 0 Å². The molecule has 0 spiro atoms. The number of aromatic nitrogens is 4. The van der Waals surface area contributed by atoms with Crippen LogP contribution in [0.5, 0.6) is 0 Å². The van der Waals surface area contributed by atoms with Crippen molar-refractivity contribution in [3.63, 3.8) is 0 Å². The first-order valence-electron chi connectivity index (χ1n) is 11.5. The molecule has 0 bridgehead atoms. The fourth-order valence-electron chi connectivity index (χ4n) is 4.24. The van der Waals surface area contributed by atoms with Crippen molar-refractivity contribution in [2.45, 2.75) is 53.9 Å². The summed E-state index contributed by atoms with van der Waals surface area (Å²) >= 11 is 0. The van der Waals surface area contributed by atoms with Crippen LogP contribution in [0.3, 0.4) is 0 Å². The van der Waals surface area contributed by atoms with E-state index in [0.717, 1.165) is 45.6 Å². The summed E-state index contributed by atoms with van der Waals surface area (Å²) in [6, 6.07) is 12.6. The van der Waals surface area contributed by atoms with Gasteiger partial charge in [-0.1, -0.05) is 36.4 Å². The van der Waals surface area contributed by atoms with E-state index in [1.54, 1.807) is 6.20 Å². The van der Waals surface area contributed by atoms with Crippen LogP contribution in [0.25, 0.3) is 0 Å². The molecule has 4 aromatic rings. The van der Waals surface area contributed by atoms with Gasteiger partial charge in [0.1, 0.15) is 0 Å².